The van der Waals surface area contributed by atoms with E-state index in [0.29, 0.717) is 0 Å². The van der Waals surface area contributed by atoms with Gasteiger partial charge in [0, 0.05) is 11.4 Å². The number of nitrogens with zero attached hydrogens (tertiary/aromatic N) is 2. The van der Waals surface area contributed by atoms with Crippen molar-refractivity contribution < 1.29 is 9.53 Å². The molecule has 3 aromatic carbocycles. The molecule has 5 nitrogen and oxygen atoms in total. The van der Waals surface area contributed by atoms with Gasteiger partial charge in [-0.25, -0.2) is 4.98 Å². The predicted molar refractivity (Wildman–Crippen MR) is 125 cm³/mol. The highest BCUT2D eigenvalue weighted by atomic mass is 32.2. The van der Waals surface area contributed by atoms with Gasteiger partial charge < -0.3 is 10.1 Å². The Hall–Kier alpha value is -3.25. The lowest BCUT2D eigenvalue weighted by Crippen LogP contribution is -2.14. The van der Waals surface area contributed by atoms with Crippen LogP contribution in [-0.2, 0) is 17.6 Å². The average molecular weight is 430 g/mol. The molecule has 0 aliphatic heterocycles. The Morgan fingerprint density at radius 1 is 1.06 bits per heavy atom. The number of carbonyl (C=O) groups is 1. The van der Waals surface area contributed by atoms with Gasteiger partial charge in [-0.2, -0.15) is 0 Å². The number of carbonyl (C=O) groups excluding carboxylic acids is 1. The van der Waals surface area contributed by atoms with Gasteiger partial charge in [0.05, 0.1) is 23.9 Å². The van der Waals surface area contributed by atoms with Crippen molar-refractivity contribution in [1.82, 2.24) is 9.55 Å². The molecule has 0 bridgehead atoms. The Bertz CT molecular complexity index is 1250. The Balaban J connectivity index is 1.36. The normalized spacial score (nSPS) is 12.7. The fraction of sp³-hybridized carbons (Fsp3) is 0.200. The SMILES string of the molecule is COc1ccc(-n2c(SCC(=O)Nc3ccc4c(c3)CCC4)nc3ccccc32)cc1. The summed E-state index contributed by atoms with van der Waals surface area (Å²) in [5, 5.41) is 3.82. The summed E-state index contributed by atoms with van der Waals surface area (Å²) in [4.78, 5) is 17.4. The molecular formula is C25H23N3O2S. The van der Waals surface area contributed by atoms with Crippen LogP contribution in [0.5, 0.6) is 5.75 Å². The zero-order chi connectivity index (χ0) is 21.2. The van der Waals surface area contributed by atoms with Crippen LogP contribution < -0.4 is 10.1 Å². The Kier molecular flexibility index (Phi) is 5.38. The third kappa shape index (κ3) is 4.03. The summed E-state index contributed by atoms with van der Waals surface area (Å²) in [5.41, 5.74) is 6.52. The number of methoxy groups -OCH3 is 1. The van der Waals surface area contributed by atoms with Crippen LogP contribution in [0.15, 0.2) is 71.9 Å². The molecule has 0 fully saturated rings. The van der Waals surface area contributed by atoms with Gasteiger partial charge in [-0.1, -0.05) is 30.0 Å². The van der Waals surface area contributed by atoms with Gasteiger partial charge in [0.15, 0.2) is 5.16 Å². The number of amides is 1. The van der Waals surface area contributed by atoms with E-state index in [9.17, 15) is 4.79 Å². The van der Waals surface area contributed by atoms with Crippen molar-refractivity contribution in [3.63, 3.8) is 0 Å². The standard InChI is InChI=1S/C25H23N3O2S/c1-30-21-13-11-20(12-14-21)28-23-8-3-2-7-22(23)27-25(28)31-16-24(29)26-19-10-9-17-5-4-6-18(17)15-19/h2-3,7-15H,4-6,16H2,1H3,(H,26,29). The third-order valence-corrected chi connectivity index (χ3v) is 6.51. The summed E-state index contributed by atoms with van der Waals surface area (Å²) in [7, 11) is 1.66. The molecule has 4 aromatic rings. The van der Waals surface area contributed by atoms with Crippen molar-refractivity contribution in [3.05, 3.63) is 77.9 Å². The maximum Gasteiger partial charge on any atom is 0.234 e. The second-order valence-corrected chi connectivity index (χ2v) is 8.53. The number of anilines is 1. The van der Waals surface area contributed by atoms with Gasteiger partial charge in [0.2, 0.25) is 5.91 Å². The monoisotopic (exact) mass is 429 g/mol. The summed E-state index contributed by atoms with van der Waals surface area (Å²) < 4.78 is 7.37. The number of benzene rings is 3. The van der Waals surface area contributed by atoms with Crippen LogP contribution in [0.3, 0.4) is 0 Å². The zero-order valence-corrected chi connectivity index (χ0v) is 18.1. The number of hydrogen-bond acceptors (Lipinski definition) is 4. The van der Waals surface area contributed by atoms with E-state index in [0.717, 1.165) is 46.2 Å². The van der Waals surface area contributed by atoms with E-state index in [-0.39, 0.29) is 11.7 Å². The maximum atomic E-state index is 12.6. The van der Waals surface area contributed by atoms with E-state index in [1.54, 1.807) is 7.11 Å². The molecule has 0 unspecified atom stereocenters. The largest absolute Gasteiger partial charge is 0.497 e. The molecule has 31 heavy (non-hydrogen) atoms. The molecule has 0 spiro atoms. The minimum absolute atomic E-state index is 0.0312. The van der Waals surface area contributed by atoms with Crippen LogP contribution in [0.1, 0.15) is 17.5 Å². The van der Waals surface area contributed by atoms with Crippen LogP contribution in [0.25, 0.3) is 16.7 Å². The smallest absolute Gasteiger partial charge is 0.234 e. The molecule has 0 saturated heterocycles. The minimum Gasteiger partial charge on any atom is -0.497 e. The Morgan fingerprint density at radius 3 is 2.71 bits per heavy atom. The van der Waals surface area contributed by atoms with Crippen LogP contribution >= 0.6 is 11.8 Å². The van der Waals surface area contributed by atoms with E-state index < -0.39 is 0 Å². The number of thioether (sulfide) groups is 1. The molecule has 1 aliphatic carbocycles. The first-order valence-corrected chi connectivity index (χ1v) is 11.4. The summed E-state index contributed by atoms with van der Waals surface area (Å²) in [5.74, 6) is 1.06. The van der Waals surface area contributed by atoms with E-state index in [2.05, 4.69) is 22.0 Å². The molecule has 1 aliphatic rings. The first kappa shape index (κ1) is 19.7. The van der Waals surface area contributed by atoms with Gasteiger partial charge in [-0.05, 0) is 78.9 Å². The second-order valence-electron chi connectivity index (χ2n) is 7.59. The number of rotatable bonds is 6. The molecule has 1 amide bonds. The van der Waals surface area contributed by atoms with E-state index in [4.69, 9.17) is 9.72 Å². The van der Waals surface area contributed by atoms with Crippen molar-refractivity contribution in [2.75, 3.05) is 18.2 Å². The van der Waals surface area contributed by atoms with Gasteiger partial charge >= 0.3 is 0 Å². The number of imidazole rings is 1. The van der Waals surface area contributed by atoms with E-state index in [1.165, 1.54) is 29.3 Å². The number of ether oxygens (including phenoxy) is 1. The molecule has 0 saturated carbocycles. The van der Waals surface area contributed by atoms with Gasteiger partial charge in [0.25, 0.3) is 0 Å². The average Bonchev–Trinajstić information content (AvgIpc) is 3.41. The van der Waals surface area contributed by atoms with Gasteiger partial charge in [-0.3, -0.25) is 9.36 Å². The number of nitrogens with one attached hydrogen (secondary N) is 1. The summed E-state index contributed by atoms with van der Waals surface area (Å²) in [6.45, 7) is 0. The molecule has 5 rings (SSSR count). The quantitative estimate of drug-likeness (QED) is 0.425. The van der Waals surface area contributed by atoms with Crippen LogP contribution in [0.2, 0.25) is 0 Å². The summed E-state index contributed by atoms with van der Waals surface area (Å²) in [6, 6.07) is 22.1. The highest BCUT2D eigenvalue weighted by Gasteiger charge is 2.16. The number of aromatic nitrogens is 2. The minimum atomic E-state index is -0.0312. The first-order chi connectivity index (χ1) is 15.2. The lowest BCUT2D eigenvalue weighted by atomic mass is 10.1. The Morgan fingerprint density at radius 2 is 1.87 bits per heavy atom. The molecule has 0 radical (unpaired) electrons. The number of fused-ring (bicyclic) bond motifs is 2. The predicted octanol–water partition coefficient (Wildman–Crippen LogP) is 5.25. The first-order valence-electron chi connectivity index (χ1n) is 10.4. The molecule has 1 heterocycles. The number of aryl methyl sites for hydroxylation is 2. The Labute approximate surface area is 185 Å². The lowest BCUT2D eigenvalue weighted by molar-refractivity contribution is -0.113. The molecule has 0 atom stereocenters. The summed E-state index contributed by atoms with van der Waals surface area (Å²) in [6.07, 6.45) is 3.44. The zero-order valence-electron chi connectivity index (χ0n) is 17.3. The fourth-order valence-corrected chi connectivity index (χ4v) is 4.89. The van der Waals surface area contributed by atoms with E-state index in [1.807, 2.05) is 54.6 Å². The van der Waals surface area contributed by atoms with E-state index >= 15 is 0 Å². The van der Waals surface area contributed by atoms with Crippen LogP contribution in [0, 0.1) is 0 Å². The fourth-order valence-electron chi connectivity index (χ4n) is 4.06. The molecule has 156 valence electrons. The van der Waals surface area contributed by atoms with Crippen LogP contribution in [0.4, 0.5) is 5.69 Å². The third-order valence-electron chi connectivity index (χ3n) is 5.58. The lowest BCUT2D eigenvalue weighted by Gasteiger charge is -2.10. The van der Waals surface area contributed by atoms with Gasteiger partial charge in [-0.15, -0.1) is 0 Å². The maximum absolute atomic E-state index is 12.6. The topological polar surface area (TPSA) is 56.1 Å². The highest BCUT2D eigenvalue weighted by Crippen LogP contribution is 2.29. The van der Waals surface area contributed by atoms with Crippen molar-refractivity contribution >= 4 is 34.4 Å². The molecule has 6 heteroatoms. The number of para-hydroxylation sites is 2. The summed E-state index contributed by atoms with van der Waals surface area (Å²) >= 11 is 1.44. The molecule has 1 N–H and O–H groups in total. The van der Waals surface area contributed by atoms with Gasteiger partial charge in [0.1, 0.15) is 5.75 Å². The number of hydrogen-bond donors (Lipinski definition) is 1. The van der Waals surface area contributed by atoms with Crippen molar-refractivity contribution in [3.8, 4) is 11.4 Å². The van der Waals surface area contributed by atoms with Crippen molar-refractivity contribution in [2.45, 2.75) is 24.4 Å². The van der Waals surface area contributed by atoms with Crippen LogP contribution in [-0.4, -0.2) is 28.3 Å². The second kappa shape index (κ2) is 8.47. The highest BCUT2D eigenvalue weighted by molar-refractivity contribution is 7.99. The molecular weight excluding hydrogens is 406 g/mol. The van der Waals surface area contributed by atoms with Crippen molar-refractivity contribution in [2.24, 2.45) is 0 Å². The molecule has 1 aromatic heterocycles. The van der Waals surface area contributed by atoms with Crippen molar-refractivity contribution in [1.29, 1.82) is 0 Å².